The molecular weight excluding hydrogens is 284 g/mol. The van der Waals surface area contributed by atoms with E-state index in [2.05, 4.69) is 36.4 Å². The molecule has 0 fully saturated rings. The van der Waals surface area contributed by atoms with Crippen molar-refractivity contribution in [1.82, 2.24) is 0 Å². The van der Waals surface area contributed by atoms with Gasteiger partial charge >= 0.3 is 5.97 Å². The molecule has 23 heavy (non-hydrogen) atoms. The lowest BCUT2D eigenvalue weighted by Crippen LogP contribution is -2.05. The molecule has 2 heteroatoms. The van der Waals surface area contributed by atoms with E-state index in [4.69, 9.17) is 4.74 Å². The quantitative estimate of drug-likeness (QED) is 0.651. The van der Waals surface area contributed by atoms with Crippen molar-refractivity contribution < 1.29 is 9.53 Å². The number of carbonyl (C=O) groups excluding carboxylic acids is 1. The highest BCUT2D eigenvalue weighted by molar-refractivity contribution is 5.78. The lowest BCUT2D eigenvalue weighted by Gasteiger charge is -2.10. The van der Waals surface area contributed by atoms with Crippen LogP contribution in [0, 0.1) is 0 Å². The molecule has 2 nitrogen and oxygen atoms in total. The van der Waals surface area contributed by atoms with E-state index in [9.17, 15) is 4.79 Å². The Balaban J connectivity index is 1.92. The average molecular weight is 302 g/mol. The van der Waals surface area contributed by atoms with Crippen molar-refractivity contribution in [2.24, 2.45) is 0 Å². The zero-order valence-electron chi connectivity index (χ0n) is 13.0. The van der Waals surface area contributed by atoms with Gasteiger partial charge in [-0.25, -0.2) is 0 Å². The summed E-state index contributed by atoms with van der Waals surface area (Å²) in [6.07, 6.45) is 0.285. The van der Waals surface area contributed by atoms with Crippen LogP contribution in [0.5, 0.6) is 0 Å². The third-order valence-electron chi connectivity index (χ3n) is 3.88. The molecule has 0 unspecified atom stereocenters. The van der Waals surface area contributed by atoms with E-state index in [0.717, 1.165) is 16.7 Å². The van der Waals surface area contributed by atoms with Crippen molar-refractivity contribution in [2.75, 3.05) is 7.11 Å². The van der Waals surface area contributed by atoms with Gasteiger partial charge in [-0.05, 0) is 27.8 Å². The molecule has 0 saturated heterocycles. The van der Waals surface area contributed by atoms with E-state index in [1.54, 1.807) is 0 Å². The fourth-order valence-corrected chi connectivity index (χ4v) is 2.66. The minimum absolute atomic E-state index is 0.224. The molecule has 0 aromatic heterocycles. The Labute approximate surface area is 136 Å². The predicted molar refractivity (Wildman–Crippen MR) is 93.0 cm³/mol. The van der Waals surface area contributed by atoms with Crippen molar-refractivity contribution in [3.63, 3.8) is 0 Å². The maximum atomic E-state index is 11.6. The van der Waals surface area contributed by atoms with Gasteiger partial charge < -0.3 is 4.74 Å². The first-order valence-corrected chi connectivity index (χ1v) is 7.58. The van der Waals surface area contributed by atoms with Crippen molar-refractivity contribution in [3.05, 3.63) is 84.4 Å². The average Bonchev–Trinajstić information content (AvgIpc) is 2.63. The van der Waals surface area contributed by atoms with Crippen LogP contribution in [0.15, 0.2) is 78.9 Å². The number of rotatable bonds is 4. The van der Waals surface area contributed by atoms with E-state index in [0.29, 0.717) is 0 Å². The third-order valence-corrected chi connectivity index (χ3v) is 3.88. The highest BCUT2D eigenvalue weighted by Crippen LogP contribution is 2.27. The van der Waals surface area contributed by atoms with E-state index in [1.165, 1.54) is 18.2 Å². The normalized spacial score (nSPS) is 10.3. The first-order chi connectivity index (χ1) is 11.3. The fourth-order valence-electron chi connectivity index (χ4n) is 2.66. The second-order valence-corrected chi connectivity index (χ2v) is 5.35. The maximum Gasteiger partial charge on any atom is 0.309 e. The molecule has 0 aliphatic rings. The first kappa shape index (κ1) is 15.0. The standard InChI is InChI=1S/C21H18O2/c1-23-21(22)15-19-9-5-6-10-20(19)18-13-11-17(12-14-18)16-7-3-2-4-8-16/h2-14H,15H2,1H3. The van der Waals surface area contributed by atoms with Crippen LogP contribution in [0.25, 0.3) is 22.3 Å². The Morgan fingerprint density at radius 3 is 2.00 bits per heavy atom. The van der Waals surface area contributed by atoms with Crippen molar-refractivity contribution >= 4 is 5.97 Å². The third kappa shape index (κ3) is 3.49. The molecule has 0 N–H and O–H groups in total. The Kier molecular flexibility index (Phi) is 4.53. The molecule has 114 valence electrons. The zero-order valence-corrected chi connectivity index (χ0v) is 13.0. The highest BCUT2D eigenvalue weighted by atomic mass is 16.5. The Morgan fingerprint density at radius 2 is 1.30 bits per heavy atom. The molecule has 0 radical (unpaired) electrons. The summed E-state index contributed by atoms with van der Waals surface area (Å²) in [5.41, 5.74) is 5.52. The van der Waals surface area contributed by atoms with Crippen LogP contribution in [0.3, 0.4) is 0 Å². The lowest BCUT2D eigenvalue weighted by atomic mass is 9.96. The summed E-state index contributed by atoms with van der Waals surface area (Å²) in [6.45, 7) is 0. The largest absolute Gasteiger partial charge is 0.469 e. The number of ether oxygens (including phenoxy) is 1. The second kappa shape index (κ2) is 6.93. The maximum absolute atomic E-state index is 11.6. The van der Waals surface area contributed by atoms with Crippen LogP contribution in [0.4, 0.5) is 0 Å². The number of carbonyl (C=O) groups is 1. The number of methoxy groups -OCH3 is 1. The van der Waals surface area contributed by atoms with Crippen LogP contribution >= 0.6 is 0 Å². The van der Waals surface area contributed by atoms with Gasteiger partial charge in [0.2, 0.25) is 0 Å². The van der Waals surface area contributed by atoms with Crippen LogP contribution in [-0.2, 0) is 16.0 Å². The van der Waals surface area contributed by atoms with Gasteiger partial charge in [0.05, 0.1) is 13.5 Å². The summed E-state index contributed by atoms with van der Waals surface area (Å²) >= 11 is 0. The van der Waals surface area contributed by atoms with Crippen molar-refractivity contribution in [1.29, 1.82) is 0 Å². The molecule has 3 aromatic rings. The zero-order chi connectivity index (χ0) is 16.1. The second-order valence-electron chi connectivity index (χ2n) is 5.35. The number of esters is 1. The van der Waals surface area contributed by atoms with Gasteiger partial charge in [-0.1, -0.05) is 78.9 Å². The smallest absolute Gasteiger partial charge is 0.309 e. The summed E-state index contributed by atoms with van der Waals surface area (Å²) in [4.78, 5) is 11.6. The van der Waals surface area contributed by atoms with Crippen molar-refractivity contribution in [2.45, 2.75) is 6.42 Å². The van der Waals surface area contributed by atoms with Crippen LogP contribution in [0.1, 0.15) is 5.56 Å². The van der Waals surface area contributed by atoms with Gasteiger partial charge in [-0.2, -0.15) is 0 Å². The van der Waals surface area contributed by atoms with Gasteiger partial charge in [0.1, 0.15) is 0 Å². The molecule has 0 saturated carbocycles. The fraction of sp³-hybridized carbons (Fsp3) is 0.0952. The topological polar surface area (TPSA) is 26.3 Å². The first-order valence-electron chi connectivity index (χ1n) is 7.58. The van der Waals surface area contributed by atoms with Crippen LogP contribution in [0.2, 0.25) is 0 Å². The molecule has 0 aliphatic heterocycles. The highest BCUT2D eigenvalue weighted by Gasteiger charge is 2.09. The molecule has 0 amide bonds. The molecule has 0 atom stereocenters. The predicted octanol–water partition coefficient (Wildman–Crippen LogP) is 4.74. The molecule has 0 bridgehead atoms. The van der Waals surface area contributed by atoms with Gasteiger partial charge in [0.15, 0.2) is 0 Å². The van der Waals surface area contributed by atoms with Crippen LogP contribution < -0.4 is 0 Å². The summed E-state index contributed by atoms with van der Waals surface area (Å²) in [5.74, 6) is -0.224. The summed E-state index contributed by atoms with van der Waals surface area (Å²) < 4.78 is 4.78. The SMILES string of the molecule is COC(=O)Cc1ccccc1-c1ccc(-c2ccccc2)cc1. The van der Waals surface area contributed by atoms with Crippen molar-refractivity contribution in [3.8, 4) is 22.3 Å². The molecule has 0 spiro atoms. The number of benzene rings is 3. The Hall–Kier alpha value is -2.87. The van der Waals surface area contributed by atoms with E-state index in [1.807, 2.05) is 42.5 Å². The lowest BCUT2D eigenvalue weighted by molar-refractivity contribution is -0.139. The minimum Gasteiger partial charge on any atom is -0.469 e. The summed E-state index contributed by atoms with van der Waals surface area (Å²) in [7, 11) is 1.42. The van der Waals surface area contributed by atoms with E-state index in [-0.39, 0.29) is 12.4 Å². The Bertz CT molecular complexity index is 790. The summed E-state index contributed by atoms with van der Waals surface area (Å²) in [5, 5.41) is 0. The number of hydrogen-bond acceptors (Lipinski definition) is 2. The molecule has 3 aromatic carbocycles. The molecule has 0 heterocycles. The van der Waals surface area contributed by atoms with Gasteiger partial charge in [-0.3, -0.25) is 4.79 Å². The van der Waals surface area contributed by atoms with Gasteiger partial charge in [-0.15, -0.1) is 0 Å². The van der Waals surface area contributed by atoms with Crippen LogP contribution in [-0.4, -0.2) is 13.1 Å². The minimum atomic E-state index is -0.224. The summed E-state index contributed by atoms with van der Waals surface area (Å²) in [6, 6.07) is 26.6. The van der Waals surface area contributed by atoms with E-state index >= 15 is 0 Å². The van der Waals surface area contributed by atoms with E-state index < -0.39 is 0 Å². The molecular formula is C21H18O2. The van der Waals surface area contributed by atoms with Gasteiger partial charge in [0, 0.05) is 0 Å². The molecule has 0 aliphatic carbocycles. The Morgan fingerprint density at radius 1 is 0.739 bits per heavy atom. The van der Waals surface area contributed by atoms with Gasteiger partial charge in [0.25, 0.3) is 0 Å². The number of hydrogen-bond donors (Lipinski definition) is 0. The molecule has 3 rings (SSSR count). The monoisotopic (exact) mass is 302 g/mol.